The highest BCUT2D eigenvalue weighted by Gasteiger charge is 2.29. The molecular weight excluding hydrogens is 341 g/mol. The molecule has 0 N–H and O–H groups in total. The number of likely N-dealkylation sites (tertiary alicyclic amines) is 2. The van der Waals surface area contributed by atoms with Gasteiger partial charge < -0.3 is 9.80 Å². The summed E-state index contributed by atoms with van der Waals surface area (Å²) >= 11 is 0. The van der Waals surface area contributed by atoms with E-state index in [1.165, 1.54) is 51.0 Å². The zero-order valence-electron chi connectivity index (χ0n) is 16.2. The highest BCUT2D eigenvalue weighted by atomic mass is 19.1. The molecule has 2 saturated heterocycles. The SMILES string of the molecule is CCCN1CCC(N2CCC(n3cc(-c4ccc(F)cc4)nn3)CC2)CC1. The van der Waals surface area contributed by atoms with Crippen LogP contribution in [0.15, 0.2) is 30.5 Å². The van der Waals surface area contributed by atoms with Crippen molar-refractivity contribution in [1.82, 2.24) is 24.8 Å². The standard InChI is InChI=1S/C21H30FN5/c1-2-11-25-12-7-19(8-13-25)26-14-9-20(10-15-26)27-16-21(23-24-27)17-3-5-18(22)6-4-17/h3-6,16,19-20H,2,7-15H2,1H3. The molecule has 5 nitrogen and oxygen atoms in total. The predicted molar refractivity (Wildman–Crippen MR) is 105 cm³/mol. The van der Waals surface area contributed by atoms with Gasteiger partial charge in [-0.05, 0) is 76.0 Å². The van der Waals surface area contributed by atoms with Crippen LogP contribution < -0.4 is 0 Å². The van der Waals surface area contributed by atoms with Gasteiger partial charge in [-0.3, -0.25) is 0 Å². The molecule has 0 amide bonds. The summed E-state index contributed by atoms with van der Waals surface area (Å²) in [5.41, 5.74) is 1.74. The Morgan fingerprint density at radius 1 is 0.963 bits per heavy atom. The van der Waals surface area contributed by atoms with Gasteiger partial charge in [0.15, 0.2) is 0 Å². The third kappa shape index (κ3) is 4.38. The Morgan fingerprint density at radius 2 is 1.63 bits per heavy atom. The lowest BCUT2D eigenvalue weighted by atomic mass is 9.98. The molecule has 2 aliphatic heterocycles. The zero-order valence-corrected chi connectivity index (χ0v) is 16.2. The van der Waals surface area contributed by atoms with E-state index in [1.54, 1.807) is 12.1 Å². The summed E-state index contributed by atoms with van der Waals surface area (Å²) in [5.74, 6) is -0.223. The normalized spacial score (nSPS) is 21.0. The van der Waals surface area contributed by atoms with Crippen molar-refractivity contribution in [1.29, 1.82) is 0 Å². The molecular formula is C21H30FN5. The number of benzene rings is 1. The Kier molecular flexibility index (Phi) is 5.83. The topological polar surface area (TPSA) is 37.2 Å². The van der Waals surface area contributed by atoms with Crippen LogP contribution in [-0.4, -0.2) is 63.6 Å². The van der Waals surface area contributed by atoms with E-state index >= 15 is 0 Å². The van der Waals surface area contributed by atoms with Crippen LogP contribution in [0.2, 0.25) is 0 Å². The maximum absolute atomic E-state index is 13.1. The average Bonchev–Trinajstić information content (AvgIpc) is 3.20. The highest BCUT2D eigenvalue weighted by molar-refractivity contribution is 5.57. The first-order chi connectivity index (χ1) is 13.2. The number of nitrogens with zero attached hydrogens (tertiary/aromatic N) is 5. The molecule has 3 heterocycles. The van der Waals surface area contributed by atoms with Gasteiger partial charge in [0.1, 0.15) is 11.5 Å². The molecule has 2 aromatic rings. The van der Waals surface area contributed by atoms with Crippen LogP contribution in [0.25, 0.3) is 11.3 Å². The molecule has 0 radical (unpaired) electrons. The van der Waals surface area contributed by atoms with Gasteiger partial charge in [-0.2, -0.15) is 0 Å². The van der Waals surface area contributed by atoms with Crippen molar-refractivity contribution in [2.24, 2.45) is 0 Å². The average molecular weight is 372 g/mol. The second-order valence-electron chi connectivity index (χ2n) is 7.93. The van der Waals surface area contributed by atoms with Crippen LogP contribution in [0.4, 0.5) is 4.39 Å². The number of aromatic nitrogens is 3. The number of piperidine rings is 2. The summed E-state index contributed by atoms with van der Waals surface area (Å²) < 4.78 is 15.1. The number of hydrogen-bond donors (Lipinski definition) is 0. The van der Waals surface area contributed by atoms with Crippen molar-refractivity contribution in [2.75, 3.05) is 32.7 Å². The van der Waals surface area contributed by atoms with Gasteiger partial charge in [0.05, 0.1) is 12.2 Å². The van der Waals surface area contributed by atoms with Crippen LogP contribution in [0.1, 0.15) is 45.1 Å². The van der Waals surface area contributed by atoms with Crippen LogP contribution in [-0.2, 0) is 0 Å². The monoisotopic (exact) mass is 371 g/mol. The minimum absolute atomic E-state index is 0.223. The molecule has 2 aliphatic rings. The number of halogens is 1. The lowest BCUT2D eigenvalue weighted by Gasteiger charge is -2.41. The molecule has 1 aromatic carbocycles. The summed E-state index contributed by atoms with van der Waals surface area (Å²) in [7, 11) is 0. The van der Waals surface area contributed by atoms with Crippen molar-refractivity contribution in [3.05, 3.63) is 36.3 Å². The van der Waals surface area contributed by atoms with Gasteiger partial charge in [0.25, 0.3) is 0 Å². The Bertz CT molecular complexity index is 712. The summed E-state index contributed by atoms with van der Waals surface area (Å²) in [6, 6.07) is 7.64. The lowest BCUT2D eigenvalue weighted by Crippen LogP contribution is -2.48. The van der Waals surface area contributed by atoms with Crippen molar-refractivity contribution in [3.63, 3.8) is 0 Å². The van der Waals surface area contributed by atoms with Gasteiger partial charge in [-0.25, -0.2) is 9.07 Å². The fourth-order valence-corrected chi connectivity index (χ4v) is 4.55. The Balaban J connectivity index is 1.30. The Hall–Kier alpha value is -1.79. The van der Waals surface area contributed by atoms with Gasteiger partial charge in [0.2, 0.25) is 0 Å². The van der Waals surface area contributed by atoms with Crippen molar-refractivity contribution in [3.8, 4) is 11.3 Å². The van der Waals surface area contributed by atoms with E-state index in [0.717, 1.165) is 43.2 Å². The maximum atomic E-state index is 13.1. The first kappa shape index (κ1) is 18.6. The summed E-state index contributed by atoms with van der Waals surface area (Å²) in [6.07, 6.45) is 8.14. The van der Waals surface area contributed by atoms with E-state index in [9.17, 15) is 4.39 Å². The van der Waals surface area contributed by atoms with Crippen LogP contribution in [0.3, 0.4) is 0 Å². The van der Waals surface area contributed by atoms with Gasteiger partial charge in [-0.15, -0.1) is 5.10 Å². The molecule has 0 atom stereocenters. The van der Waals surface area contributed by atoms with E-state index in [0.29, 0.717) is 6.04 Å². The first-order valence-electron chi connectivity index (χ1n) is 10.4. The van der Waals surface area contributed by atoms with Crippen LogP contribution in [0.5, 0.6) is 0 Å². The predicted octanol–water partition coefficient (Wildman–Crippen LogP) is 3.60. The van der Waals surface area contributed by atoms with Crippen molar-refractivity contribution >= 4 is 0 Å². The molecule has 0 saturated carbocycles. The molecule has 0 bridgehead atoms. The zero-order chi connectivity index (χ0) is 18.6. The third-order valence-corrected chi connectivity index (χ3v) is 6.14. The third-order valence-electron chi connectivity index (χ3n) is 6.14. The second-order valence-corrected chi connectivity index (χ2v) is 7.93. The van der Waals surface area contributed by atoms with E-state index < -0.39 is 0 Å². The van der Waals surface area contributed by atoms with Crippen molar-refractivity contribution in [2.45, 2.75) is 51.1 Å². The quantitative estimate of drug-likeness (QED) is 0.805. The minimum atomic E-state index is -0.223. The molecule has 27 heavy (non-hydrogen) atoms. The lowest BCUT2D eigenvalue weighted by molar-refractivity contribution is 0.0771. The van der Waals surface area contributed by atoms with E-state index in [-0.39, 0.29) is 5.82 Å². The molecule has 0 spiro atoms. The molecule has 4 rings (SSSR count). The van der Waals surface area contributed by atoms with Gasteiger partial charge >= 0.3 is 0 Å². The van der Waals surface area contributed by atoms with Gasteiger partial charge in [-0.1, -0.05) is 12.1 Å². The molecule has 146 valence electrons. The second kappa shape index (κ2) is 8.48. The highest BCUT2D eigenvalue weighted by Crippen LogP contribution is 2.27. The molecule has 0 unspecified atom stereocenters. The molecule has 2 fully saturated rings. The van der Waals surface area contributed by atoms with Crippen LogP contribution >= 0.6 is 0 Å². The summed E-state index contributed by atoms with van der Waals surface area (Å²) in [4.78, 5) is 5.30. The molecule has 0 aliphatic carbocycles. The van der Waals surface area contributed by atoms with Gasteiger partial charge in [0, 0.05) is 24.7 Å². The Labute approximate surface area is 161 Å². The van der Waals surface area contributed by atoms with E-state index in [2.05, 4.69) is 27.0 Å². The van der Waals surface area contributed by atoms with E-state index in [4.69, 9.17) is 0 Å². The fraction of sp³-hybridized carbons (Fsp3) is 0.619. The Morgan fingerprint density at radius 3 is 2.30 bits per heavy atom. The number of rotatable bonds is 5. The molecule has 6 heteroatoms. The van der Waals surface area contributed by atoms with Crippen molar-refractivity contribution < 1.29 is 4.39 Å². The minimum Gasteiger partial charge on any atom is -0.303 e. The first-order valence-corrected chi connectivity index (χ1v) is 10.4. The smallest absolute Gasteiger partial charge is 0.123 e. The molecule has 1 aromatic heterocycles. The summed E-state index contributed by atoms with van der Waals surface area (Å²) in [6.45, 7) is 8.31. The summed E-state index contributed by atoms with van der Waals surface area (Å²) in [5, 5.41) is 8.65. The number of hydrogen-bond acceptors (Lipinski definition) is 4. The largest absolute Gasteiger partial charge is 0.303 e. The van der Waals surface area contributed by atoms with Crippen LogP contribution in [0, 0.1) is 5.82 Å². The van der Waals surface area contributed by atoms with E-state index in [1.807, 2.05) is 10.9 Å². The maximum Gasteiger partial charge on any atom is 0.123 e. The fourth-order valence-electron chi connectivity index (χ4n) is 4.55.